The summed E-state index contributed by atoms with van der Waals surface area (Å²) in [6, 6.07) is 0. The smallest absolute Gasteiger partial charge is 0.0389 e. The zero-order chi connectivity index (χ0) is 14.0. The van der Waals surface area contributed by atoms with E-state index in [9.17, 15) is 0 Å². The summed E-state index contributed by atoms with van der Waals surface area (Å²) < 4.78 is 0. The number of hydrogen-bond acceptors (Lipinski definition) is 0. The Kier molecular flexibility index (Phi) is 8.52. The molecule has 0 aromatic carbocycles. The Labute approximate surface area is 141 Å². The quantitative estimate of drug-likeness (QED) is 0.513. The molecule has 4 atom stereocenters. The monoisotopic (exact) mass is 372 g/mol. The molecule has 0 aliphatic carbocycles. The normalized spacial score (nSPS) is 27.4. The minimum absolute atomic E-state index is 0. The van der Waals surface area contributed by atoms with Crippen molar-refractivity contribution in [2.45, 2.75) is 66.7 Å². The Morgan fingerprint density at radius 3 is 0.947 bits per heavy atom. The van der Waals surface area contributed by atoms with Crippen LogP contribution in [0.1, 0.15) is 55.4 Å². The number of hydrogen-bond donors (Lipinski definition) is 0. The van der Waals surface area contributed by atoms with Gasteiger partial charge in [0.15, 0.2) is 0 Å². The molecular weight excluding hydrogens is 345 g/mol. The second-order valence-electron chi connectivity index (χ2n) is 5.60. The van der Waals surface area contributed by atoms with Crippen molar-refractivity contribution in [1.82, 2.24) is 0 Å². The minimum Gasteiger partial charge on any atom is -0.0389 e. The van der Waals surface area contributed by atoms with E-state index in [1.807, 2.05) is 0 Å². The van der Waals surface area contributed by atoms with E-state index in [-0.39, 0.29) is 26.2 Å². The zero-order valence-corrected chi connectivity index (χ0v) is 18.1. The maximum atomic E-state index is 2.31. The SMILES string of the molecule is CC1=[PH+]C(C)C(C)=C1C.CC1=[PH+]C(C)C(C)=C1C.[Zr]. The molecule has 3 heteroatoms. The summed E-state index contributed by atoms with van der Waals surface area (Å²) in [5.41, 5.74) is 7.99. The third kappa shape index (κ3) is 4.88. The van der Waals surface area contributed by atoms with Crippen LogP contribution in [0.4, 0.5) is 0 Å². The molecule has 0 spiro atoms. The number of rotatable bonds is 0. The van der Waals surface area contributed by atoms with E-state index >= 15 is 0 Å². The zero-order valence-electron chi connectivity index (χ0n) is 13.7. The van der Waals surface area contributed by atoms with Crippen LogP contribution in [-0.4, -0.2) is 21.9 Å². The van der Waals surface area contributed by atoms with Gasteiger partial charge < -0.3 is 0 Å². The molecule has 0 aromatic heterocycles. The first-order valence-electron chi connectivity index (χ1n) is 6.81. The van der Waals surface area contributed by atoms with Gasteiger partial charge in [-0.25, -0.2) is 0 Å². The maximum Gasteiger partial charge on any atom is 0.133 e. The second-order valence-corrected chi connectivity index (χ2v) is 9.41. The molecule has 0 N–H and O–H groups in total. The fourth-order valence-corrected chi connectivity index (χ4v) is 5.32. The van der Waals surface area contributed by atoms with E-state index in [0.29, 0.717) is 0 Å². The van der Waals surface area contributed by atoms with E-state index < -0.39 is 0 Å². The Morgan fingerprint density at radius 1 is 0.632 bits per heavy atom. The molecule has 4 unspecified atom stereocenters. The van der Waals surface area contributed by atoms with Crippen molar-refractivity contribution < 1.29 is 26.2 Å². The first-order chi connectivity index (χ1) is 8.25. The topological polar surface area (TPSA) is 0 Å². The Hall–Kier alpha value is 0.703. The summed E-state index contributed by atoms with van der Waals surface area (Å²) in [6.45, 7) is 18.1. The minimum atomic E-state index is 0. The average Bonchev–Trinajstić information content (AvgIpc) is 2.66. The van der Waals surface area contributed by atoms with Gasteiger partial charge in [-0.1, -0.05) is 0 Å². The Balaban J connectivity index is 0.000000324. The van der Waals surface area contributed by atoms with Crippen molar-refractivity contribution >= 4 is 27.0 Å². The van der Waals surface area contributed by atoms with Crippen LogP contribution >= 0.6 is 16.4 Å². The summed E-state index contributed by atoms with van der Waals surface area (Å²) >= 11 is 0. The maximum absolute atomic E-state index is 2.31. The van der Waals surface area contributed by atoms with Crippen LogP contribution in [0, 0.1) is 0 Å². The van der Waals surface area contributed by atoms with Gasteiger partial charge in [0, 0.05) is 40.1 Å². The number of allylic oxidation sites excluding steroid dienone is 4. The summed E-state index contributed by atoms with van der Waals surface area (Å²) in [4.78, 5) is 0. The van der Waals surface area contributed by atoms with Gasteiger partial charge in [0.2, 0.25) is 0 Å². The summed E-state index contributed by atoms with van der Waals surface area (Å²) in [6.07, 6.45) is 0. The summed E-state index contributed by atoms with van der Waals surface area (Å²) in [7, 11) is 2.12. The third-order valence-electron chi connectivity index (χ3n) is 4.47. The average molecular weight is 374 g/mol. The van der Waals surface area contributed by atoms with Crippen LogP contribution in [0.3, 0.4) is 0 Å². The fourth-order valence-electron chi connectivity index (χ4n) is 2.32. The van der Waals surface area contributed by atoms with Crippen molar-refractivity contribution in [3.63, 3.8) is 0 Å². The second kappa shape index (κ2) is 8.22. The molecule has 0 radical (unpaired) electrons. The molecule has 2 heterocycles. The van der Waals surface area contributed by atoms with E-state index in [2.05, 4.69) is 55.4 Å². The van der Waals surface area contributed by atoms with Gasteiger partial charge >= 0.3 is 0 Å². The van der Waals surface area contributed by atoms with Crippen molar-refractivity contribution in [2.24, 2.45) is 0 Å². The molecule has 0 saturated carbocycles. The molecule has 2 rings (SSSR count). The van der Waals surface area contributed by atoms with Gasteiger partial charge in [0.25, 0.3) is 0 Å². The Morgan fingerprint density at radius 2 is 0.895 bits per heavy atom. The van der Waals surface area contributed by atoms with E-state index in [0.717, 1.165) is 27.7 Å². The van der Waals surface area contributed by atoms with E-state index in [1.165, 1.54) is 0 Å². The molecule has 0 bridgehead atoms. The van der Waals surface area contributed by atoms with Gasteiger partial charge in [-0.15, -0.1) is 0 Å². The van der Waals surface area contributed by atoms with Gasteiger partial charge in [-0.05, 0) is 63.8 Å². The van der Waals surface area contributed by atoms with Crippen molar-refractivity contribution in [2.75, 3.05) is 0 Å². The predicted octanol–water partition coefficient (Wildman–Crippen LogP) is 5.19. The van der Waals surface area contributed by atoms with Crippen molar-refractivity contribution in [3.05, 3.63) is 22.3 Å². The summed E-state index contributed by atoms with van der Waals surface area (Å²) in [5.74, 6) is 0. The molecule has 0 aromatic rings. The first kappa shape index (κ1) is 19.7. The predicted molar refractivity (Wildman–Crippen MR) is 93.7 cm³/mol. The molecule has 0 fully saturated rings. The Bertz CT molecular complexity index is 423. The largest absolute Gasteiger partial charge is 0.133 e. The van der Waals surface area contributed by atoms with Crippen LogP contribution in [0.25, 0.3) is 0 Å². The van der Waals surface area contributed by atoms with Gasteiger partial charge in [0.05, 0.1) is 16.4 Å². The molecule has 19 heavy (non-hydrogen) atoms. The van der Waals surface area contributed by atoms with Crippen molar-refractivity contribution in [3.8, 4) is 0 Å². The van der Waals surface area contributed by atoms with Crippen LogP contribution in [0.2, 0.25) is 0 Å². The first-order valence-corrected chi connectivity index (χ1v) is 8.96. The molecule has 0 amide bonds. The molecule has 2 aliphatic rings. The van der Waals surface area contributed by atoms with E-state index in [1.54, 1.807) is 32.9 Å². The van der Waals surface area contributed by atoms with Gasteiger partial charge in [-0.3, -0.25) is 0 Å². The molecule has 0 saturated heterocycles. The van der Waals surface area contributed by atoms with Crippen LogP contribution in [0.15, 0.2) is 22.3 Å². The van der Waals surface area contributed by atoms with Crippen LogP contribution < -0.4 is 0 Å². The van der Waals surface area contributed by atoms with Crippen molar-refractivity contribution in [1.29, 1.82) is 0 Å². The molecule has 0 nitrogen and oxygen atoms in total. The van der Waals surface area contributed by atoms with Crippen LogP contribution in [-0.2, 0) is 26.2 Å². The van der Waals surface area contributed by atoms with Gasteiger partial charge in [-0.2, -0.15) is 0 Å². The van der Waals surface area contributed by atoms with Gasteiger partial charge in [0.1, 0.15) is 21.9 Å². The fraction of sp³-hybridized carbons (Fsp3) is 0.625. The molecule has 2 aliphatic heterocycles. The third-order valence-corrected chi connectivity index (χ3v) is 7.82. The molecule has 104 valence electrons. The summed E-state index contributed by atoms with van der Waals surface area (Å²) in [5, 5.41) is 3.22. The standard InChI is InChI=1S/2C8H13P.Zr/c2*1-5-6(2)8(4)9-7(5)3;/h2*7H,1-4H3;/p+2. The van der Waals surface area contributed by atoms with E-state index in [4.69, 9.17) is 0 Å². The molecular formula is C16H28P2Zr+2. The van der Waals surface area contributed by atoms with Crippen LogP contribution in [0.5, 0.6) is 0 Å².